The van der Waals surface area contributed by atoms with Gasteiger partial charge in [0, 0.05) is 6.54 Å². The molecule has 1 atom stereocenters. The number of hydrogen-bond donors (Lipinski definition) is 0. The summed E-state index contributed by atoms with van der Waals surface area (Å²) in [6.45, 7) is 0.706. The zero-order valence-corrected chi connectivity index (χ0v) is 12.3. The molecule has 0 saturated carbocycles. The molecule has 0 fully saturated rings. The highest BCUT2D eigenvalue weighted by molar-refractivity contribution is 5.77. The van der Waals surface area contributed by atoms with E-state index in [0.29, 0.717) is 12.0 Å². The van der Waals surface area contributed by atoms with Gasteiger partial charge in [-0.1, -0.05) is 24.3 Å². The number of amides is 1. The summed E-state index contributed by atoms with van der Waals surface area (Å²) in [5.74, 6) is -0.674. The molecule has 9 heteroatoms. The molecule has 23 heavy (non-hydrogen) atoms. The van der Waals surface area contributed by atoms with Crippen molar-refractivity contribution >= 4 is 5.91 Å². The minimum absolute atomic E-state index is 0.00597. The van der Waals surface area contributed by atoms with E-state index in [1.165, 1.54) is 12.4 Å². The highest BCUT2D eigenvalue weighted by Gasteiger charge is 2.59. The van der Waals surface area contributed by atoms with E-state index in [1.54, 1.807) is 18.2 Å². The Morgan fingerprint density at radius 2 is 2.09 bits per heavy atom. The van der Waals surface area contributed by atoms with Crippen molar-refractivity contribution in [1.29, 1.82) is 0 Å². The minimum atomic E-state index is -4.60. The standard InChI is InChI=1S/C14H14F3N5O/c1-13(14(15,16)17)11-5-3-2-4-10(11)6-7-22(13)12(23)8-21-9-18-19-20-21/h2-5,9H,6-8H2,1H3/t13-/m1/s1. The third-order valence-corrected chi connectivity index (χ3v) is 4.23. The highest BCUT2D eigenvalue weighted by atomic mass is 19.4. The molecule has 1 aliphatic heterocycles. The number of tetrazole rings is 1. The Morgan fingerprint density at radius 1 is 1.35 bits per heavy atom. The molecule has 6 nitrogen and oxygen atoms in total. The number of halogens is 3. The lowest BCUT2D eigenvalue weighted by Gasteiger charge is -2.46. The minimum Gasteiger partial charge on any atom is -0.323 e. The Morgan fingerprint density at radius 3 is 2.74 bits per heavy atom. The van der Waals surface area contributed by atoms with Crippen LogP contribution in [-0.4, -0.2) is 43.7 Å². The third kappa shape index (κ3) is 2.45. The molecular weight excluding hydrogens is 311 g/mol. The molecule has 1 amide bonds. The van der Waals surface area contributed by atoms with Gasteiger partial charge < -0.3 is 4.90 Å². The summed E-state index contributed by atoms with van der Waals surface area (Å²) in [6.07, 6.45) is -3.02. The number of carbonyl (C=O) groups excluding carboxylic acids is 1. The van der Waals surface area contributed by atoms with Gasteiger partial charge in [0.15, 0.2) is 5.54 Å². The van der Waals surface area contributed by atoms with Crippen molar-refractivity contribution in [2.45, 2.75) is 31.6 Å². The van der Waals surface area contributed by atoms with E-state index in [1.807, 2.05) is 0 Å². The first-order valence-electron chi connectivity index (χ1n) is 7.00. The summed E-state index contributed by atoms with van der Waals surface area (Å²) in [4.78, 5) is 13.3. The van der Waals surface area contributed by atoms with Crippen LogP contribution in [0.3, 0.4) is 0 Å². The Labute approximate surface area is 129 Å². The molecule has 0 N–H and O–H groups in total. The maximum atomic E-state index is 13.9. The lowest BCUT2D eigenvalue weighted by atomic mass is 9.81. The fourth-order valence-electron chi connectivity index (χ4n) is 2.97. The van der Waals surface area contributed by atoms with Crippen molar-refractivity contribution in [2.75, 3.05) is 6.54 Å². The maximum Gasteiger partial charge on any atom is 0.415 e. The van der Waals surface area contributed by atoms with Gasteiger partial charge in [0.25, 0.3) is 0 Å². The molecule has 0 unspecified atom stereocenters. The number of nitrogens with zero attached hydrogens (tertiary/aromatic N) is 5. The van der Waals surface area contributed by atoms with Crippen molar-refractivity contribution in [3.63, 3.8) is 0 Å². The van der Waals surface area contributed by atoms with Crippen molar-refractivity contribution < 1.29 is 18.0 Å². The molecule has 1 aliphatic rings. The van der Waals surface area contributed by atoms with Crippen molar-refractivity contribution in [2.24, 2.45) is 0 Å². The summed E-state index contributed by atoms with van der Waals surface area (Å²) in [5, 5.41) is 10.3. The van der Waals surface area contributed by atoms with E-state index < -0.39 is 17.6 Å². The van der Waals surface area contributed by atoms with Gasteiger partial charge in [-0.25, -0.2) is 4.68 Å². The summed E-state index contributed by atoms with van der Waals surface area (Å²) in [7, 11) is 0. The predicted molar refractivity (Wildman–Crippen MR) is 73.1 cm³/mol. The van der Waals surface area contributed by atoms with Crippen LogP contribution in [0.25, 0.3) is 0 Å². The SMILES string of the molecule is C[C@]1(C(F)(F)F)c2ccccc2CCN1C(=O)Cn1cnnn1. The number of fused-ring (bicyclic) bond motifs is 1. The second-order valence-corrected chi connectivity index (χ2v) is 5.53. The molecule has 1 aromatic heterocycles. The summed E-state index contributed by atoms with van der Waals surface area (Å²) in [6, 6.07) is 6.36. The zero-order valence-electron chi connectivity index (χ0n) is 12.3. The molecule has 0 saturated heterocycles. The number of carbonyl (C=O) groups is 1. The van der Waals surface area contributed by atoms with E-state index in [2.05, 4.69) is 15.5 Å². The molecule has 0 aliphatic carbocycles. The van der Waals surface area contributed by atoms with Crippen LogP contribution in [0.5, 0.6) is 0 Å². The van der Waals surface area contributed by atoms with E-state index in [4.69, 9.17) is 0 Å². The van der Waals surface area contributed by atoms with Crippen LogP contribution >= 0.6 is 0 Å². The van der Waals surface area contributed by atoms with Crippen LogP contribution in [0.4, 0.5) is 13.2 Å². The van der Waals surface area contributed by atoms with Crippen molar-refractivity contribution in [3.8, 4) is 0 Å². The van der Waals surface area contributed by atoms with Crippen molar-refractivity contribution in [1.82, 2.24) is 25.1 Å². The number of aromatic nitrogens is 4. The highest BCUT2D eigenvalue weighted by Crippen LogP contribution is 2.47. The monoisotopic (exact) mass is 325 g/mol. The summed E-state index contributed by atoms with van der Waals surface area (Å²) < 4.78 is 42.7. The molecule has 0 bridgehead atoms. The van der Waals surface area contributed by atoms with Gasteiger partial charge in [-0.05, 0) is 34.9 Å². The number of alkyl halides is 3. The molecule has 2 aromatic rings. The topological polar surface area (TPSA) is 63.9 Å². The molecule has 122 valence electrons. The van der Waals surface area contributed by atoms with E-state index in [0.717, 1.165) is 16.5 Å². The van der Waals surface area contributed by atoms with Crippen LogP contribution in [0, 0.1) is 0 Å². The number of rotatable bonds is 2. The lowest BCUT2D eigenvalue weighted by Crippen LogP contribution is -2.60. The maximum absolute atomic E-state index is 13.9. The van der Waals surface area contributed by atoms with Gasteiger partial charge in [-0.15, -0.1) is 5.10 Å². The second-order valence-electron chi connectivity index (χ2n) is 5.53. The first-order valence-corrected chi connectivity index (χ1v) is 7.00. The van der Waals surface area contributed by atoms with Crippen LogP contribution in [-0.2, 0) is 23.3 Å². The van der Waals surface area contributed by atoms with Gasteiger partial charge in [-0.3, -0.25) is 4.79 Å². The van der Waals surface area contributed by atoms with Gasteiger partial charge in [-0.2, -0.15) is 13.2 Å². The molecular formula is C14H14F3N5O. The normalized spacial score (nSPS) is 21.1. The Hall–Kier alpha value is -2.45. The lowest BCUT2D eigenvalue weighted by molar-refractivity contribution is -0.234. The largest absolute Gasteiger partial charge is 0.415 e. The van der Waals surface area contributed by atoms with Crippen LogP contribution in [0.1, 0.15) is 18.1 Å². The predicted octanol–water partition coefficient (Wildman–Crippen LogP) is 1.54. The molecule has 2 heterocycles. The molecule has 3 rings (SSSR count). The second kappa shape index (κ2) is 5.32. The summed E-state index contributed by atoms with van der Waals surface area (Å²) >= 11 is 0. The molecule has 0 radical (unpaired) electrons. The average Bonchev–Trinajstić information content (AvgIpc) is 2.99. The first kappa shape index (κ1) is 15.4. The van der Waals surface area contributed by atoms with Crippen LogP contribution in [0.15, 0.2) is 30.6 Å². The van der Waals surface area contributed by atoms with E-state index in [9.17, 15) is 18.0 Å². The Kier molecular flexibility index (Phi) is 3.57. The Balaban J connectivity index is 2.01. The Bertz CT molecular complexity index is 715. The van der Waals surface area contributed by atoms with Crippen LogP contribution < -0.4 is 0 Å². The number of hydrogen-bond acceptors (Lipinski definition) is 4. The van der Waals surface area contributed by atoms with Gasteiger partial charge in [0.2, 0.25) is 5.91 Å². The van der Waals surface area contributed by atoms with E-state index in [-0.39, 0.29) is 18.7 Å². The van der Waals surface area contributed by atoms with Gasteiger partial charge in [0.1, 0.15) is 12.9 Å². The smallest absolute Gasteiger partial charge is 0.323 e. The fourth-order valence-corrected chi connectivity index (χ4v) is 2.97. The molecule has 1 aromatic carbocycles. The quantitative estimate of drug-likeness (QED) is 0.840. The third-order valence-electron chi connectivity index (χ3n) is 4.23. The zero-order chi connectivity index (χ0) is 16.7. The van der Waals surface area contributed by atoms with Gasteiger partial charge >= 0.3 is 6.18 Å². The summed E-state index contributed by atoms with van der Waals surface area (Å²) in [5.41, 5.74) is -1.64. The van der Waals surface area contributed by atoms with E-state index >= 15 is 0 Å². The van der Waals surface area contributed by atoms with Gasteiger partial charge in [0.05, 0.1) is 0 Å². The first-order chi connectivity index (χ1) is 10.8. The fraction of sp³-hybridized carbons (Fsp3) is 0.429. The van der Waals surface area contributed by atoms with Crippen molar-refractivity contribution in [3.05, 3.63) is 41.7 Å². The molecule has 0 spiro atoms. The average molecular weight is 325 g/mol. The van der Waals surface area contributed by atoms with Crippen LogP contribution in [0.2, 0.25) is 0 Å². The number of benzene rings is 1.